The molecule has 104 valence electrons. The van der Waals surface area contributed by atoms with Crippen molar-refractivity contribution in [2.75, 3.05) is 0 Å². The lowest BCUT2D eigenvalue weighted by Gasteiger charge is -2.15. The van der Waals surface area contributed by atoms with Crippen molar-refractivity contribution in [3.63, 3.8) is 0 Å². The van der Waals surface area contributed by atoms with Gasteiger partial charge in [-0.3, -0.25) is 4.79 Å². The second-order valence-corrected chi connectivity index (χ2v) is 5.02. The van der Waals surface area contributed by atoms with Crippen molar-refractivity contribution in [2.45, 2.75) is 19.4 Å². The second kappa shape index (κ2) is 6.53. The highest BCUT2D eigenvalue weighted by Crippen LogP contribution is 2.22. The smallest absolute Gasteiger partial charge is 0.224 e. The highest BCUT2D eigenvalue weighted by atomic mass is 35.5. The van der Waals surface area contributed by atoms with E-state index in [1.165, 1.54) is 12.1 Å². The predicted molar refractivity (Wildman–Crippen MR) is 78.1 cm³/mol. The van der Waals surface area contributed by atoms with E-state index >= 15 is 0 Å². The summed E-state index contributed by atoms with van der Waals surface area (Å²) >= 11 is 6.09. The molecule has 0 saturated heterocycles. The summed E-state index contributed by atoms with van der Waals surface area (Å²) < 4.78 is 12.8. The molecule has 0 saturated carbocycles. The molecule has 2 nitrogen and oxygen atoms in total. The lowest BCUT2D eigenvalue weighted by Crippen LogP contribution is -2.28. The van der Waals surface area contributed by atoms with Gasteiger partial charge in [-0.2, -0.15) is 0 Å². The zero-order chi connectivity index (χ0) is 14.5. The molecule has 0 aliphatic rings. The Kier molecular flexibility index (Phi) is 4.74. The molecule has 0 bridgehead atoms. The van der Waals surface area contributed by atoms with E-state index in [-0.39, 0.29) is 24.2 Å². The summed E-state index contributed by atoms with van der Waals surface area (Å²) in [4.78, 5) is 11.9. The molecule has 0 fully saturated rings. The quantitative estimate of drug-likeness (QED) is 0.909. The molecule has 1 N–H and O–H groups in total. The number of nitrogens with one attached hydrogen (secondary N) is 1. The molecule has 0 aromatic heterocycles. The Morgan fingerprint density at radius 3 is 2.50 bits per heavy atom. The fourth-order valence-electron chi connectivity index (χ4n) is 1.98. The summed E-state index contributed by atoms with van der Waals surface area (Å²) in [6, 6.07) is 13.1. The van der Waals surface area contributed by atoms with Crippen LogP contribution in [-0.2, 0) is 11.2 Å². The number of hydrogen-bond acceptors (Lipinski definition) is 1. The molecule has 1 atom stereocenters. The van der Waals surface area contributed by atoms with Gasteiger partial charge in [-0.15, -0.1) is 0 Å². The van der Waals surface area contributed by atoms with Gasteiger partial charge < -0.3 is 5.32 Å². The summed E-state index contributed by atoms with van der Waals surface area (Å²) in [5.74, 6) is -0.428. The van der Waals surface area contributed by atoms with Gasteiger partial charge in [0.1, 0.15) is 5.82 Å². The lowest BCUT2D eigenvalue weighted by atomic mass is 10.1. The van der Waals surface area contributed by atoms with Crippen LogP contribution in [0.4, 0.5) is 4.39 Å². The lowest BCUT2D eigenvalue weighted by molar-refractivity contribution is -0.121. The van der Waals surface area contributed by atoms with Crippen LogP contribution in [0.25, 0.3) is 0 Å². The number of benzene rings is 2. The first-order chi connectivity index (χ1) is 9.56. The topological polar surface area (TPSA) is 29.1 Å². The number of carbonyl (C=O) groups excluding carboxylic acids is 1. The van der Waals surface area contributed by atoms with Crippen molar-refractivity contribution in [1.82, 2.24) is 5.32 Å². The van der Waals surface area contributed by atoms with E-state index in [4.69, 9.17) is 11.6 Å². The highest BCUT2D eigenvalue weighted by Gasteiger charge is 2.12. The number of hydrogen-bond donors (Lipinski definition) is 1. The minimum atomic E-state index is -0.307. The molecule has 2 aromatic rings. The molecule has 1 amide bonds. The van der Waals surface area contributed by atoms with Gasteiger partial charge in [0, 0.05) is 5.02 Å². The first-order valence-electron chi connectivity index (χ1n) is 6.34. The SMILES string of the molecule is C[C@@H](NC(=O)Cc1ccc(F)cc1)c1ccccc1Cl. The van der Waals surface area contributed by atoms with E-state index in [2.05, 4.69) is 5.32 Å². The molecule has 0 heterocycles. The van der Waals surface area contributed by atoms with Crippen LogP contribution >= 0.6 is 11.6 Å². The third-order valence-electron chi connectivity index (χ3n) is 3.03. The summed E-state index contributed by atoms with van der Waals surface area (Å²) in [5.41, 5.74) is 1.65. The third-order valence-corrected chi connectivity index (χ3v) is 3.37. The predicted octanol–water partition coefficient (Wildman–Crippen LogP) is 3.90. The standard InChI is InChI=1S/C16H15ClFNO/c1-11(14-4-2-3-5-15(14)17)19-16(20)10-12-6-8-13(18)9-7-12/h2-9,11H,10H2,1H3,(H,19,20)/t11-/m1/s1. The van der Waals surface area contributed by atoms with Gasteiger partial charge in [0.15, 0.2) is 0 Å². The van der Waals surface area contributed by atoms with Gasteiger partial charge in [0.25, 0.3) is 0 Å². The van der Waals surface area contributed by atoms with Crippen LogP contribution in [0, 0.1) is 5.82 Å². The van der Waals surface area contributed by atoms with Gasteiger partial charge >= 0.3 is 0 Å². The molecular formula is C16H15ClFNO. The summed E-state index contributed by atoms with van der Waals surface area (Å²) in [6.07, 6.45) is 0.217. The van der Waals surface area contributed by atoms with E-state index in [0.29, 0.717) is 5.02 Å². The normalized spacial score (nSPS) is 11.9. The minimum absolute atomic E-state index is 0.121. The summed E-state index contributed by atoms with van der Waals surface area (Å²) in [7, 11) is 0. The molecule has 2 rings (SSSR count). The van der Waals surface area contributed by atoms with E-state index in [1.54, 1.807) is 18.2 Å². The highest BCUT2D eigenvalue weighted by molar-refractivity contribution is 6.31. The summed E-state index contributed by atoms with van der Waals surface area (Å²) in [6.45, 7) is 1.88. The van der Waals surface area contributed by atoms with Crippen molar-refractivity contribution in [3.05, 3.63) is 70.5 Å². The molecule has 4 heteroatoms. The first kappa shape index (κ1) is 14.5. The second-order valence-electron chi connectivity index (χ2n) is 4.61. The Morgan fingerprint density at radius 2 is 1.85 bits per heavy atom. The van der Waals surface area contributed by atoms with Crippen molar-refractivity contribution >= 4 is 17.5 Å². The van der Waals surface area contributed by atoms with Gasteiger partial charge in [0.2, 0.25) is 5.91 Å². The number of amides is 1. The van der Waals surface area contributed by atoms with Crippen LogP contribution in [0.3, 0.4) is 0 Å². The monoisotopic (exact) mass is 291 g/mol. The van der Waals surface area contributed by atoms with Crippen molar-refractivity contribution in [2.24, 2.45) is 0 Å². The molecule has 0 aliphatic carbocycles. The summed E-state index contributed by atoms with van der Waals surface area (Å²) in [5, 5.41) is 3.51. The fourth-order valence-corrected chi connectivity index (χ4v) is 2.28. The largest absolute Gasteiger partial charge is 0.349 e. The molecule has 0 radical (unpaired) electrons. The Balaban J connectivity index is 1.98. The van der Waals surface area contributed by atoms with Crippen molar-refractivity contribution in [3.8, 4) is 0 Å². The maximum absolute atomic E-state index is 12.8. The van der Waals surface area contributed by atoms with Crippen LogP contribution in [0.5, 0.6) is 0 Å². The molecule has 0 unspecified atom stereocenters. The van der Waals surface area contributed by atoms with E-state index in [9.17, 15) is 9.18 Å². The number of halogens is 2. The maximum Gasteiger partial charge on any atom is 0.224 e. The van der Waals surface area contributed by atoms with Crippen LogP contribution < -0.4 is 5.32 Å². The van der Waals surface area contributed by atoms with Gasteiger partial charge in [-0.05, 0) is 36.2 Å². The number of carbonyl (C=O) groups is 1. The fraction of sp³-hybridized carbons (Fsp3) is 0.188. The zero-order valence-electron chi connectivity index (χ0n) is 11.1. The Bertz CT molecular complexity index is 598. The van der Waals surface area contributed by atoms with E-state index < -0.39 is 0 Å². The maximum atomic E-state index is 12.8. The van der Waals surface area contributed by atoms with Crippen molar-refractivity contribution in [1.29, 1.82) is 0 Å². The van der Waals surface area contributed by atoms with E-state index in [0.717, 1.165) is 11.1 Å². The van der Waals surface area contributed by atoms with E-state index in [1.807, 2.05) is 25.1 Å². The Labute approximate surface area is 122 Å². The molecule has 0 aliphatic heterocycles. The number of rotatable bonds is 4. The van der Waals surface area contributed by atoms with Gasteiger partial charge in [-0.25, -0.2) is 4.39 Å². The van der Waals surface area contributed by atoms with Crippen LogP contribution in [0.15, 0.2) is 48.5 Å². The molecule has 20 heavy (non-hydrogen) atoms. The average molecular weight is 292 g/mol. The van der Waals surface area contributed by atoms with Crippen LogP contribution in [0.1, 0.15) is 24.1 Å². The van der Waals surface area contributed by atoms with Gasteiger partial charge in [0.05, 0.1) is 12.5 Å². The Morgan fingerprint density at radius 1 is 1.20 bits per heavy atom. The Hall–Kier alpha value is -1.87. The zero-order valence-corrected chi connectivity index (χ0v) is 11.8. The first-order valence-corrected chi connectivity index (χ1v) is 6.72. The van der Waals surface area contributed by atoms with Crippen LogP contribution in [0.2, 0.25) is 5.02 Å². The van der Waals surface area contributed by atoms with Gasteiger partial charge in [-0.1, -0.05) is 41.9 Å². The average Bonchev–Trinajstić information content (AvgIpc) is 2.41. The minimum Gasteiger partial charge on any atom is -0.349 e. The van der Waals surface area contributed by atoms with Crippen LogP contribution in [-0.4, -0.2) is 5.91 Å². The molecule has 0 spiro atoms. The molecule has 2 aromatic carbocycles. The van der Waals surface area contributed by atoms with Crippen molar-refractivity contribution < 1.29 is 9.18 Å². The third kappa shape index (κ3) is 3.81. The molecular weight excluding hydrogens is 277 g/mol.